The molecule has 2 N–H and O–H groups in total. The number of nitrogens with zero attached hydrogens (tertiary/aromatic N) is 1. The predicted molar refractivity (Wildman–Crippen MR) is 99.2 cm³/mol. The maximum absolute atomic E-state index is 12.4. The van der Waals surface area contributed by atoms with Crippen molar-refractivity contribution in [3.8, 4) is 0 Å². The number of carbonyl (C=O) groups excluding carboxylic acids is 2. The second kappa shape index (κ2) is 8.48. The summed E-state index contributed by atoms with van der Waals surface area (Å²) in [7, 11) is 0. The molecular formula is C20H30N3O2+. The Bertz CT molecular complexity index is 585. The van der Waals surface area contributed by atoms with Crippen molar-refractivity contribution in [1.82, 2.24) is 5.32 Å². The highest BCUT2D eigenvalue weighted by atomic mass is 16.2. The molecule has 2 saturated heterocycles. The van der Waals surface area contributed by atoms with E-state index in [0.717, 1.165) is 50.3 Å². The van der Waals surface area contributed by atoms with Gasteiger partial charge in [0.25, 0.3) is 0 Å². The van der Waals surface area contributed by atoms with E-state index in [1.165, 1.54) is 25.9 Å². The first kappa shape index (κ1) is 17.9. The van der Waals surface area contributed by atoms with Gasteiger partial charge in [-0.3, -0.25) is 9.59 Å². The minimum atomic E-state index is 0.0951. The summed E-state index contributed by atoms with van der Waals surface area (Å²) in [5.74, 6) is 0.462. The van der Waals surface area contributed by atoms with E-state index in [9.17, 15) is 9.59 Å². The van der Waals surface area contributed by atoms with E-state index < -0.39 is 0 Å². The molecule has 1 aromatic carbocycles. The number of anilines is 1. The van der Waals surface area contributed by atoms with E-state index in [1.54, 1.807) is 11.8 Å². The van der Waals surface area contributed by atoms with Gasteiger partial charge in [0.2, 0.25) is 5.91 Å². The SMILES string of the molecule is CC(=O)c1ccc(N2CCC(C(=O)NCC[NH+]3CCCC3)CC2)cc1. The Balaban J connectivity index is 1.41. The molecule has 136 valence electrons. The first-order chi connectivity index (χ1) is 12.1. The van der Waals surface area contributed by atoms with Crippen LogP contribution in [0.3, 0.4) is 0 Å². The van der Waals surface area contributed by atoms with Crippen LogP contribution in [0.15, 0.2) is 24.3 Å². The van der Waals surface area contributed by atoms with Gasteiger partial charge in [-0.25, -0.2) is 0 Å². The second-order valence-corrected chi connectivity index (χ2v) is 7.36. The Morgan fingerprint density at radius 2 is 1.76 bits per heavy atom. The summed E-state index contributed by atoms with van der Waals surface area (Å²) in [6, 6.07) is 7.79. The summed E-state index contributed by atoms with van der Waals surface area (Å²) in [5.41, 5.74) is 1.89. The number of hydrogen-bond donors (Lipinski definition) is 2. The minimum absolute atomic E-state index is 0.0951. The van der Waals surface area contributed by atoms with E-state index in [4.69, 9.17) is 0 Å². The fourth-order valence-corrected chi connectivity index (χ4v) is 3.94. The van der Waals surface area contributed by atoms with E-state index in [1.807, 2.05) is 24.3 Å². The number of nitrogens with one attached hydrogen (secondary N) is 2. The number of piperidine rings is 1. The zero-order valence-electron chi connectivity index (χ0n) is 15.2. The first-order valence-electron chi connectivity index (χ1n) is 9.61. The van der Waals surface area contributed by atoms with Gasteiger partial charge in [-0.15, -0.1) is 0 Å². The largest absolute Gasteiger partial charge is 0.371 e. The maximum Gasteiger partial charge on any atom is 0.223 e. The Hall–Kier alpha value is -1.88. The fourth-order valence-electron chi connectivity index (χ4n) is 3.94. The molecule has 0 radical (unpaired) electrons. The lowest BCUT2D eigenvalue weighted by Gasteiger charge is -2.33. The number of quaternary nitrogens is 1. The molecule has 2 aliphatic rings. The van der Waals surface area contributed by atoms with Crippen molar-refractivity contribution in [2.45, 2.75) is 32.6 Å². The standard InChI is InChI=1S/C20H29N3O2/c1-16(24)17-4-6-19(7-5-17)23-13-8-18(9-14-23)20(25)21-10-15-22-11-2-3-12-22/h4-7,18H,2-3,8-15H2,1H3,(H,21,25)/p+1. The third-order valence-corrected chi connectivity index (χ3v) is 5.59. The van der Waals surface area contributed by atoms with Gasteiger partial charge in [0, 0.05) is 43.1 Å². The van der Waals surface area contributed by atoms with Gasteiger partial charge < -0.3 is 15.1 Å². The normalized spacial score (nSPS) is 19.2. The van der Waals surface area contributed by atoms with Gasteiger partial charge in [-0.1, -0.05) is 0 Å². The molecule has 2 aliphatic heterocycles. The van der Waals surface area contributed by atoms with Gasteiger partial charge in [0.15, 0.2) is 5.78 Å². The molecule has 1 aromatic rings. The third kappa shape index (κ3) is 4.82. The van der Waals surface area contributed by atoms with Crippen LogP contribution in [0, 0.1) is 5.92 Å². The van der Waals surface area contributed by atoms with Crippen LogP contribution in [0.5, 0.6) is 0 Å². The van der Waals surface area contributed by atoms with E-state index in [-0.39, 0.29) is 17.6 Å². The van der Waals surface area contributed by atoms with Crippen molar-refractivity contribution in [2.75, 3.05) is 44.2 Å². The quantitative estimate of drug-likeness (QED) is 0.754. The smallest absolute Gasteiger partial charge is 0.223 e. The predicted octanol–water partition coefficient (Wildman–Crippen LogP) is 0.901. The first-order valence-corrected chi connectivity index (χ1v) is 9.61. The van der Waals surface area contributed by atoms with Crippen LogP contribution in [0.1, 0.15) is 43.0 Å². The van der Waals surface area contributed by atoms with Gasteiger partial charge in [0.05, 0.1) is 26.2 Å². The molecule has 5 nitrogen and oxygen atoms in total. The van der Waals surface area contributed by atoms with Gasteiger partial charge >= 0.3 is 0 Å². The fraction of sp³-hybridized carbons (Fsp3) is 0.600. The number of ketones is 1. The topological polar surface area (TPSA) is 53.9 Å². The van der Waals surface area contributed by atoms with Crippen molar-refractivity contribution < 1.29 is 14.5 Å². The van der Waals surface area contributed by atoms with Crippen LogP contribution in [-0.2, 0) is 4.79 Å². The average molecular weight is 344 g/mol. The lowest BCUT2D eigenvalue weighted by atomic mass is 9.95. The summed E-state index contributed by atoms with van der Waals surface area (Å²) in [5, 5.41) is 3.14. The van der Waals surface area contributed by atoms with Crippen LogP contribution in [0.4, 0.5) is 5.69 Å². The summed E-state index contributed by atoms with van der Waals surface area (Å²) in [4.78, 5) is 27.7. The molecule has 0 unspecified atom stereocenters. The lowest BCUT2D eigenvalue weighted by molar-refractivity contribution is -0.886. The maximum atomic E-state index is 12.4. The minimum Gasteiger partial charge on any atom is -0.371 e. The van der Waals surface area contributed by atoms with E-state index in [0.29, 0.717) is 0 Å². The number of amides is 1. The van der Waals surface area contributed by atoms with Crippen LogP contribution in [0.25, 0.3) is 0 Å². The molecule has 0 aliphatic carbocycles. The van der Waals surface area contributed by atoms with Gasteiger partial charge in [-0.05, 0) is 44.0 Å². The number of likely N-dealkylation sites (tertiary alicyclic amines) is 1. The Morgan fingerprint density at radius 3 is 2.36 bits per heavy atom. The van der Waals surface area contributed by atoms with Crippen molar-refractivity contribution in [3.63, 3.8) is 0 Å². The van der Waals surface area contributed by atoms with Crippen molar-refractivity contribution >= 4 is 17.4 Å². The summed E-state index contributed by atoms with van der Waals surface area (Å²) >= 11 is 0. The van der Waals surface area contributed by atoms with Crippen LogP contribution in [0.2, 0.25) is 0 Å². The van der Waals surface area contributed by atoms with Crippen molar-refractivity contribution in [2.24, 2.45) is 5.92 Å². The molecule has 0 bridgehead atoms. The molecule has 0 aromatic heterocycles. The van der Waals surface area contributed by atoms with E-state index in [2.05, 4.69) is 10.2 Å². The van der Waals surface area contributed by atoms with Gasteiger partial charge in [-0.2, -0.15) is 0 Å². The highest BCUT2D eigenvalue weighted by Gasteiger charge is 2.25. The molecule has 0 saturated carbocycles. The second-order valence-electron chi connectivity index (χ2n) is 7.36. The molecule has 2 heterocycles. The number of carbonyl (C=O) groups is 2. The number of rotatable bonds is 6. The summed E-state index contributed by atoms with van der Waals surface area (Å²) < 4.78 is 0. The van der Waals surface area contributed by atoms with Crippen LogP contribution in [-0.4, -0.2) is 51.0 Å². The number of Topliss-reactive ketones (excluding diaryl/α,β-unsaturated/α-hetero) is 1. The number of benzene rings is 1. The third-order valence-electron chi connectivity index (χ3n) is 5.59. The van der Waals surface area contributed by atoms with Gasteiger partial charge in [0.1, 0.15) is 0 Å². The molecule has 2 fully saturated rings. The zero-order chi connectivity index (χ0) is 17.6. The van der Waals surface area contributed by atoms with E-state index >= 15 is 0 Å². The monoisotopic (exact) mass is 344 g/mol. The Labute approximate surface area is 150 Å². The molecule has 5 heteroatoms. The zero-order valence-corrected chi connectivity index (χ0v) is 15.2. The molecule has 25 heavy (non-hydrogen) atoms. The summed E-state index contributed by atoms with van der Waals surface area (Å²) in [6.45, 7) is 7.77. The Kier molecular flexibility index (Phi) is 6.08. The summed E-state index contributed by atoms with van der Waals surface area (Å²) in [6.07, 6.45) is 4.46. The number of hydrogen-bond acceptors (Lipinski definition) is 3. The lowest BCUT2D eigenvalue weighted by Crippen LogP contribution is -3.10. The van der Waals surface area contributed by atoms with Crippen LogP contribution < -0.4 is 15.1 Å². The molecular weight excluding hydrogens is 314 g/mol. The molecule has 0 spiro atoms. The van der Waals surface area contributed by atoms with Crippen LogP contribution >= 0.6 is 0 Å². The molecule has 3 rings (SSSR count). The molecule has 0 atom stereocenters. The van der Waals surface area contributed by atoms with Crippen molar-refractivity contribution in [3.05, 3.63) is 29.8 Å². The Morgan fingerprint density at radius 1 is 1.12 bits per heavy atom. The highest BCUT2D eigenvalue weighted by Crippen LogP contribution is 2.23. The molecule has 1 amide bonds. The highest BCUT2D eigenvalue weighted by molar-refractivity contribution is 5.94. The average Bonchev–Trinajstić information content (AvgIpc) is 3.15. The van der Waals surface area contributed by atoms with Crippen molar-refractivity contribution in [1.29, 1.82) is 0 Å².